The Morgan fingerprint density at radius 3 is 2.39 bits per heavy atom. The van der Waals surface area contributed by atoms with Crippen molar-refractivity contribution in [2.24, 2.45) is 0 Å². The molecule has 9 heteroatoms. The molecule has 0 aliphatic carbocycles. The van der Waals surface area contributed by atoms with Gasteiger partial charge in [-0.05, 0) is 54.6 Å². The normalized spacial score (nSPS) is 10.6. The van der Waals surface area contributed by atoms with Crippen molar-refractivity contribution in [3.63, 3.8) is 0 Å². The molecule has 0 atom stereocenters. The van der Waals surface area contributed by atoms with Crippen LogP contribution in [0.1, 0.15) is 0 Å². The van der Waals surface area contributed by atoms with Crippen LogP contribution in [0.25, 0.3) is 17.1 Å². The maximum absolute atomic E-state index is 12.5. The number of halogens is 1. The van der Waals surface area contributed by atoms with Crippen LogP contribution >= 0.6 is 23.4 Å². The van der Waals surface area contributed by atoms with Gasteiger partial charge in [-0.3, -0.25) is 9.36 Å². The van der Waals surface area contributed by atoms with Gasteiger partial charge >= 0.3 is 0 Å². The van der Waals surface area contributed by atoms with Gasteiger partial charge < -0.3 is 14.8 Å². The van der Waals surface area contributed by atoms with Gasteiger partial charge in [-0.25, -0.2) is 0 Å². The summed E-state index contributed by atoms with van der Waals surface area (Å²) in [5.41, 5.74) is 2.37. The van der Waals surface area contributed by atoms with Gasteiger partial charge in [0.2, 0.25) is 5.91 Å². The van der Waals surface area contributed by atoms with Gasteiger partial charge in [0.05, 0.1) is 20.0 Å². The van der Waals surface area contributed by atoms with E-state index in [2.05, 4.69) is 15.5 Å². The lowest BCUT2D eigenvalue weighted by Crippen LogP contribution is -2.14. The second-order valence-electron chi connectivity index (χ2n) is 6.89. The maximum Gasteiger partial charge on any atom is 0.234 e. The van der Waals surface area contributed by atoms with E-state index in [9.17, 15) is 4.79 Å². The number of benzene rings is 3. The summed E-state index contributed by atoms with van der Waals surface area (Å²) < 4.78 is 12.7. The number of methoxy groups -OCH3 is 2. The number of rotatable bonds is 8. The van der Waals surface area contributed by atoms with Crippen LogP contribution in [-0.4, -0.2) is 40.6 Å². The average Bonchev–Trinajstić information content (AvgIpc) is 3.28. The van der Waals surface area contributed by atoms with E-state index in [1.165, 1.54) is 11.8 Å². The number of para-hydroxylation sites is 1. The molecule has 1 heterocycles. The van der Waals surface area contributed by atoms with Gasteiger partial charge in [0.25, 0.3) is 0 Å². The Morgan fingerprint density at radius 2 is 1.70 bits per heavy atom. The topological polar surface area (TPSA) is 78.3 Å². The minimum Gasteiger partial charge on any atom is -0.493 e. The number of aromatic nitrogens is 3. The highest BCUT2D eigenvalue weighted by atomic mass is 35.5. The molecule has 0 aliphatic heterocycles. The van der Waals surface area contributed by atoms with Crippen molar-refractivity contribution in [3.8, 4) is 28.6 Å². The fourth-order valence-electron chi connectivity index (χ4n) is 3.20. The number of hydrogen-bond acceptors (Lipinski definition) is 6. The van der Waals surface area contributed by atoms with Gasteiger partial charge in [0.1, 0.15) is 0 Å². The molecule has 4 rings (SSSR count). The predicted octanol–water partition coefficient (Wildman–Crippen LogP) is 5.34. The van der Waals surface area contributed by atoms with E-state index < -0.39 is 0 Å². The van der Waals surface area contributed by atoms with Crippen LogP contribution in [0.2, 0.25) is 5.02 Å². The number of carbonyl (C=O) groups excluding carboxylic acids is 1. The monoisotopic (exact) mass is 480 g/mol. The van der Waals surface area contributed by atoms with E-state index in [0.717, 1.165) is 11.3 Å². The summed E-state index contributed by atoms with van der Waals surface area (Å²) in [6.07, 6.45) is 0. The first kappa shape index (κ1) is 22.7. The van der Waals surface area contributed by atoms with Crippen LogP contribution < -0.4 is 14.8 Å². The second kappa shape index (κ2) is 10.4. The zero-order valence-corrected chi connectivity index (χ0v) is 19.6. The van der Waals surface area contributed by atoms with Crippen molar-refractivity contribution in [1.29, 1.82) is 0 Å². The molecule has 0 saturated heterocycles. The first-order chi connectivity index (χ1) is 16.1. The number of nitrogens with zero attached hydrogens (tertiary/aromatic N) is 3. The molecule has 0 fully saturated rings. The Balaban J connectivity index is 1.62. The molecule has 4 aromatic rings. The lowest BCUT2D eigenvalue weighted by Gasteiger charge is -2.12. The van der Waals surface area contributed by atoms with Crippen LogP contribution in [0.3, 0.4) is 0 Å². The molecule has 0 radical (unpaired) electrons. The van der Waals surface area contributed by atoms with E-state index in [4.69, 9.17) is 21.1 Å². The summed E-state index contributed by atoms with van der Waals surface area (Å²) in [5, 5.41) is 12.8. The Bertz CT molecular complexity index is 1250. The molecule has 0 aliphatic rings. The van der Waals surface area contributed by atoms with Crippen LogP contribution in [0, 0.1) is 0 Å². The molecule has 0 bridgehead atoms. The second-order valence-corrected chi connectivity index (χ2v) is 8.27. The third-order valence-corrected chi connectivity index (χ3v) is 5.93. The lowest BCUT2D eigenvalue weighted by atomic mass is 10.2. The Kier molecular flexibility index (Phi) is 7.16. The van der Waals surface area contributed by atoms with Gasteiger partial charge in [-0.2, -0.15) is 0 Å². The maximum atomic E-state index is 12.5. The van der Waals surface area contributed by atoms with Gasteiger partial charge in [-0.15, -0.1) is 10.2 Å². The smallest absolute Gasteiger partial charge is 0.234 e. The molecule has 1 amide bonds. The Morgan fingerprint density at radius 1 is 0.970 bits per heavy atom. The zero-order valence-electron chi connectivity index (χ0n) is 18.0. The van der Waals surface area contributed by atoms with E-state index in [1.54, 1.807) is 38.5 Å². The van der Waals surface area contributed by atoms with Crippen LogP contribution in [0.15, 0.2) is 78.0 Å². The summed E-state index contributed by atoms with van der Waals surface area (Å²) in [5.74, 6) is 1.86. The lowest BCUT2D eigenvalue weighted by molar-refractivity contribution is -0.113. The number of hydrogen-bond donors (Lipinski definition) is 1. The summed E-state index contributed by atoms with van der Waals surface area (Å²) in [6, 6.07) is 22.3. The van der Waals surface area contributed by atoms with Crippen molar-refractivity contribution in [1.82, 2.24) is 14.8 Å². The number of thioether (sulfide) groups is 1. The first-order valence-corrected chi connectivity index (χ1v) is 11.4. The molecule has 3 aromatic carbocycles. The fourth-order valence-corrected chi connectivity index (χ4v) is 4.07. The molecular weight excluding hydrogens is 460 g/mol. The molecule has 33 heavy (non-hydrogen) atoms. The highest BCUT2D eigenvalue weighted by molar-refractivity contribution is 7.99. The predicted molar refractivity (Wildman–Crippen MR) is 131 cm³/mol. The Hall–Kier alpha value is -3.49. The molecule has 7 nitrogen and oxygen atoms in total. The fraction of sp³-hybridized carbons (Fsp3) is 0.125. The van der Waals surface area contributed by atoms with Crippen molar-refractivity contribution in [3.05, 3.63) is 77.8 Å². The highest BCUT2D eigenvalue weighted by Gasteiger charge is 2.19. The molecule has 0 spiro atoms. The summed E-state index contributed by atoms with van der Waals surface area (Å²) in [6.45, 7) is 0. The Labute approximate surface area is 200 Å². The van der Waals surface area contributed by atoms with Gasteiger partial charge in [0.15, 0.2) is 22.5 Å². The number of ether oxygens (including phenoxy) is 2. The molecule has 1 N–H and O–H groups in total. The van der Waals surface area contributed by atoms with Crippen molar-refractivity contribution in [2.75, 3.05) is 25.3 Å². The van der Waals surface area contributed by atoms with E-state index in [0.29, 0.717) is 33.2 Å². The van der Waals surface area contributed by atoms with Crippen LogP contribution in [0.4, 0.5) is 5.69 Å². The summed E-state index contributed by atoms with van der Waals surface area (Å²) >= 11 is 7.21. The third kappa shape index (κ3) is 5.30. The van der Waals surface area contributed by atoms with E-state index >= 15 is 0 Å². The summed E-state index contributed by atoms with van der Waals surface area (Å²) in [7, 11) is 3.18. The largest absolute Gasteiger partial charge is 0.493 e. The number of carbonyl (C=O) groups is 1. The third-order valence-electron chi connectivity index (χ3n) is 4.75. The average molecular weight is 481 g/mol. The highest BCUT2D eigenvalue weighted by Crippen LogP contribution is 2.34. The molecule has 0 unspecified atom stereocenters. The van der Waals surface area contributed by atoms with Gasteiger partial charge in [-0.1, -0.05) is 41.6 Å². The van der Waals surface area contributed by atoms with Crippen molar-refractivity contribution >= 4 is 35.0 Å². The number of nitrogens with one attached hydrogen (secondary N) is 1. The number of anilines is 1. The van der Waals surface area contributed by atoms with Crippen molar-refractivity contribution in [2.45, 2.75) is 5.16 Å². The minimum absolute atomic E-state index is 0.155. The molecular formula is C24H21ClN4O3S. The number of amides is 1. The standard InChI is InChI=1S/C24H21ClN4O3S/c1-31-20-13-8-16(14-21(20)32-2)23-27-28-24(29(23)19-6-4-3-5-7-19)33-15-22(30)26-18-11-9-17(25)10-12-18/h3-14H,15H2,1-2H3,(H,26,30). The first-order valence-electron chi connectivity index (χ1n) is 10.0. The van der Waals surface area contributed by atoms with E-state index in [1.807, 2.05) is 53.1 Å². The molecule has 0 saturated carbocycles. The summed E-state index contributed by atoms with van der Waals surface area (Å²) in [4.78, 5) is 12.5. The van der Waals surface area contributed by atoms with Crippen LogP contribution in [0.5, 0.6) is 11.5 Å². The quantitative estimate of drug-likeness (QED) is 0.343. The van der Waals surface area contributed by atoms with Crippen molar-refractivity contribution < 1.29 is 14.3 Å². The minimum atomic E-state index is -0.155. The van der Waals surface area contributed by atoms with Crippen LogP contribution in [-0.2, 0) is 4.79 Å². The SMILES string of the molecule is COc1ccc(-c2nnc(SCC(=O)Nc3ccc(Cl)cc3)n2-c2ccccc2)cc1OC. The van der Waals surface area contributed by atoms with E-state index in [-0.39, 0.29) is 11.7 Å². The molecule has 1 aromatic heterocycles. The van der Waals surface area contributed by atoms with Gasteiger partial charge in [0, 0.05) is 22.0 Å². The molecule has 168 valence electrons. The zero-order chi connectivity index (χ0) is 23.2.